The van der Waals surface area contributed by atoms with Gasteiger partial charge in [-0.3, -0.25) is 4.79 Å². The largest absolute Gasteiger partial charge is 0.468 e. The molecule has 0 saturated carbocycles. The first-order valence-electron chi connectivity index (χ1n) is 9.63. The number of hydrogen-bond donors (Lipinski definition) is 1. The van der Waals surface area contributed by atoms with Gasteiger partial charge in [0, 0.05) is 43.4 Å². The van der Waals surface area contributed by atoms with Crippen LogP contribution in [0.25, 0.3) is 0 Å². The van der Waals surface area contributed by atoms with Crippen molar-refractivity contribution in [1.29, 1.82) is 10.5 Å². The van der Waals surface area contributed by atoms with Crippen LogP contribution in [0.1, 0.15) is 32.3 Å². The Kier molecular flexibility index (Phi) is 7.13. The topological polar surface area (TPSA) is 89.2 Å². The third-order valence-electron chi connectivity index (χ3n) is 5.38. The number of hydrogen-bond acceptors (Lipinski definition) is 6. The molecule has 1 aromatic carbocycles. The number of ether oxygens (including phenoxy) is 1. The first kappa shape index (κ1) is 20.6. The van der Waals surface area contributed by atoms with Crippen LogP contribution in [-0.2, 0) is 14.9 Å². The van der Waals surface area contributed by atoms with E-state index < -0.39 is 5.41 Å². The molecule has 3 rings (SSSR count). The summed E-state index contributed by atoms with van der Waals surface area (Å²) in [7, 11) is 1.39. The zero-order valence-electron chi connectivity index (χ0n) is 16.4. The standard InChI is InChI=1S/C18H21BN4O2.C2H6/c1-25-17(24)18(5-2-8-20)12-22-16-11-14(3-4-15(16)18)23-9-6-19(13-21)7-10-23;1-2/h3-4,11,22H,2,5-7,9-10,12H2,1H3;1-2H3. The molecule has 7 heteroatoms. The fraction of sp³-hybridized carbons (Fsp3) is 0.550. The Hall–Kier alpha value is -2.67. The first-order chi connectivity index (χ1) is 13.1. The summed E-state index contributed by atoms with van der Waals surface area (Å²) in [6.07, 6.45) is 2.52. The minimum Gasteiger partial charge on any atom is -0.468 e. The fourth-order valence-corrected chi connectivity index (χ4v) is 3.87. The van der Waals surface area contributed by atoms with Crippen LogP contribution in [0.15, 0.2) is 18.2 Å². The van der Waals surface area contributed by atoms with Crippen molar-refractivity contribution in [2.45, 2.75) is 44.7 Å². The third kappa shape index (κ3) is 4.03. The SMILES string of the molecule is CC.COC(=O)C1(CCC#N)CNc2cc(N3CCB(C#N)CC3)ccc21. The molecule has 0 spiro atoms. The molecule has 1 aromatic rings. The molecule has 2 aliphatic heterocycles. The summed E-state index contributed by atoms with van der Waals surface area (Å²) in [5.41, 5.74) is 2.16. The Bertz CT molecular complexity index is 747. The zero-order chi connectivity index (χ0) is 19.9. The molecule has 0 aliphatic carbocycles. The number of fused-ring (bicyclic) bond motifs is 1. The molecule has 27 heavy (non-hydrogen) atoms. The van der Waals surface area contributed by atoms with Crippen molar-refractivity contribution in [3.8, 4) is 12.0 Å². The quantitative estimate of drug-likeness (QED) is 0.650. The average molecular weight is 366 g/mol. The number of nitrogens with one attached hydrogen (secondary N) is 1. The smallest absolute Gasteiger partial charge is 0.318 e. The lowest BCUT2D eigenvalue weighted by atomic mass is 9.45. The molecule has 2 heterocycles. The van der Waals surface area contributed by atoms with Crippen LogP contribution in [0.2, 0.25) is 12.6 Å². The normalized spacial score (nSPS) is 20.3. The van der Waals surface area contributed by atoms with E-state index in [0.717, 1.165) is 42.7 Å². The molecule has 6 nitrogen and oxygen atoms in total. The Morgan fingerprint density at radius 2 is 2.04 bits per heavy atom. The Morgan fingerprint density at radius 3 is 2.63 bits per heavy atom. The van der Waals surface area contributed by atoms with Crippen LogP contribution in [0, 0.1) is 22.6 Å². The van der Waals surface area contributed by atoms with Crippen molar-refractivity contribution < 1.29 is 9.53 Å². The monoisotopic (exact) mass is 366 g/mol. The van der Waals surface area contributed by atoms with E-state index in [-0.39, 0.29) is 12.7 Å². The van der Waals surface area contributed by atoms with Crippen molar-refractivity contribution in [3.63, 3.8) is 0 Å². The molecule has 0 radical (unpaired) electrons. The minimum absolute atomic E-state index is 0.154. The maximum atomic E-state index is 12.4. The third-order valence-corrected chi connectivity index (χ3v) is 5.38. The second-order valence-corrected chi connectivity index (χ2v) is 6.71. The summed E-state index contributed by atoms with van der Waals surface area (Å²) in [5.74, 6) is 2.06. The van der Waals surface area contributed by atoms with E-state index in [1.807, 2.05) is 26.0 Å². The summed E-state index contributed by atoms with van der Waals surface area (Å²) >= 11 is 0. The fourth-order valence-electron chi connectivity index (χ4n) is 3.87. The van der Waals surface area contributed by atoms with Crippen molar-refractivity contribution in [2.24, 2.45) is 0 Å². The number of nitriles is 2. The predicted octanol–water partition coefficient (Wildman–Crippen LogP) is 3.23. The van der Waals surface area contributed by atoms with Gasteiger partial charge in [0.1, 0.15) is 5.41 Å². The molecule has 1 N–H and O–H groups in total. The predicted molar refractivity (Wildman–Crippen MR) is 108 cm³/mol. The highest BCUT2D eigenvalue weighted by Gasteiger charge is 2.46. The molecule has 0 amide bonds. The van der Waals surface area contributed by atoms with Gasteiger partial charge in [-0.1, -0.05) is 19.9 Å². The summed E-state index contributed by atoms with van der Waals surface area (Å²) in [4.78, 5) is 14.7. The van der Waals surface area contributed by atoms with Crippen molar-refractivity contribution in [1.82, 2.24) is 0 Å². The van der Waals surface area contributed by atoms with Crippen molar-refractivity contribution in [2.75, 3.05) is 37.0 Å². The van der Waals surface area contributed by atoms with Gasteiger partial charge in [0.05, 0.1) is 13.2 Å². The van der Waals surface area contributed by atoms with Gasteiger partial charge in [0.2, 0.25) is 0 Å². The molecule has 1 unspecified atom stereocenters. The van der Waals surface area contributed by atoms with E-state index in [4.69, 9.17) is 15.3 Å². The van der Waals surface area contributed by atoms with E-state index in [0.29, 0.717) is 19.4 Å². The van der Waals surface area contributed by atoms with E-state index in [2.05, 4.69) is 28.3 Å². The summed E-state index contributed by atoms with van der Waals surface area (Å²) < 4.78 is 5.03. The Labute approximate surface area is 162 Å². The van der Waals surface area contributed by atoms with Crippen LogP contribution >= 0.6 is 0 Å². The van der Waals surface area contributed by atoms with Crippen LogP contribution in [0.4, 0.5) is 11.4 Å². The lowest BCUT2D eigenvalue weighted by Gasteiger charge is -2.31. The van der Waals surface area contributed by atoms with Crippen LogP contribution in [-0.4, -0.2) is 39.4 Å². The Morgan fingerprint density at radius 1 is 1.33 bits per heavy atom. The van der Waals surface area contributed by atoms with Crippen molar-refractivity contribution >= 4 is 24.1 Å². The van der Waals surface area contributed by atoms with Gasteiger partial charge in [-0.2, -0.15) is 5.26 Å². The number of methoxy groups -OCH3 is 1. The minimum atomic E-state index is -0.786. The summed E-state index contributed by atoms with van der Waals surface area (Å²) in [6.45, 7) is 6.35. The van der Waals surface area contributed by atoms with Crippen LogP contribution in [0.3, 0.4) is 0 Å². The Balaban J connectivity index is 0.00000126. The molecule has 0 aromatic heterocycles. The van der Waals surface area contributed by atoms with Gasteiger partial charge < -0.3 is 15.0 Å². The molecule has 142 valence electrons. The van der Waals surface area contributed by atoms with Gasteiger partial charge >= 0.3 is 5.97 Å². The number of carbonyl (C=O) groups is 1. The van der Waals surface area contributed by atoms with E-state index in [1.165, 1.54) is 7.11 Å². The highest BCUT2D eigenvalue weighted by Crippen LogP contribution is 2.43. The maximum absolute atomic E-state index is 12.4. The maximum Gasteiger partial charge on any atom is 0.318 e. The molecular weight excluding hydrogens is 339 g/mol. The lowest BCUT2D eigenvalue weighted by Crippen LogP contribution is -2.39. The van der Waals surface area contributed by atoms with E-state index in [9.17, 15) is 4.79 Å². The highest BCUT2D eigenvalue weighted by molar-refractivity contribution is 6.67. The second kappa shape index (κ2) is 9.32. The molecule has 1 fully saturated rings. The summed E-state index contributed by atoms with van der Waals surface area (Å²) in [6, 6.07) is 8.21. The van der Waals surface area contributed by atoms with E-state index >= 15 is 0 Å². The average Bonchev–Trinajstić information content (AvgIpc) is 3.12. The number of rotatable bonds is 4. The second-order valence-electron chi connectivity index (χ2n) is 6.71. The molecule has 1 atom stereocenters. The number of anilines is 2. The highest BCUT2D eigenvalue weighted by atomic mass is 16.5. The lowest BCUT2D eigenvalue weighted by molar-refractivity contribution is -0.147. The van der Waals surface area contributed by atoms with Gasteiger partial charge in [-0.15, -0.1) is 0 Å². The number of benzene rings is 1. The molecule has 2 aliphatic rings. The van der Waals surface area contributed by atoms with Gasteiger partial charge in [0.25, 0.3) is 6.71 Å². The van der Waals surface area contributed by atoms with Crippen molar-refractivity contribution in [3.05, 3.63) is 23.8 Å². The molecule has 1 saturated heterocycles. The number of nitrogens with zero attached hydrogens (tertiary/aromatic N) is 3. The first-order valence-corrected chi connectivity index (χ1v) is 9.63. The number of esters is 1. The molecular formula is C20H27BN4O2. The van der Waals surface area contributed by atoms with Crippen LogP contribution in [0.5, 0.6) is 0 Å². The number of carbonyl (C=O) groups excluding carboxylic acids is 1. The van der Waals surface area contributed by atoms with Crippen LogP contribution < -0.4 is 10.2 Å². The van der Waals surface area contributed by atoms with E-state index in [1.54, 1.807) is 0 Å². The van der Waals surface area contributed by atoms with Gasteiger partial charge in [0.15, 0.2) is 0 Å². The van der Waals surface area contributed by atoms with Gasteiger partial charge in [-0.25, -0.2) is 5.26 Å². The molecule has 0 bridgehead atoms. The summed E-state index contributed by atoms with van der Waals surface area (Å²) in [5, 5.41) is 21.3. The van der Waals surface area contributed by atoms with Gasteiger partial charge in [-0.05, 0) is 36.8 Å². The zero-order valence-corrected chi connectivity index (χ0v) is 16.4.